The van der Waals surface area contributed by atoms with E-state index in [9.17, 15) is 0 Å². The van der Waals surface area contributed by atoms with Crippen molar-refractivity contribution >= 4 is 0 Å². The highest BCUT2D eigenvalue weighted by atomic mass is 14.7. The third-order valence-corrected chi connectivity index (χ3v) is 2.82. The lowest BCUT2D eigenvalue weighted by molar-refractivity contribution is 0.225. The molecule has 0 atom stereocenters. The average molecular weight is 156 g/mol. The summed E-state index contributed by atoms with van der Waals surface area (Å²) in [4.78, 5) is 0. The van der Waals surface area contributed by atoms with Crippen molar-refractivity contribution in [2.24, 2.45) is 17.4 Å². The van der Waals surface area contributed by atoms with E-state index in [4.69, 9.17) is 11.5 Å². The van der Waals surface area contributed by atoms with Crippen LogP contribution < -0.4 is 11.5 Å². The molecule has 1 fully saturated rings. The first-order valence-electron chi connectivity index (χ1n) is 4.54. The van der Waals surface area contributed by atoms with Gasteiger partial charge in [0.2, 0.25) is 0 Å². The van der Waals surface area contributed by atoms with Gasteiger partial charge in [0, 0.05) is 11.6 Å². The molecule has 0 aliphatic heterocycles. The third-order valence-electron chi connectivity index (χ3n) is 2.82. The normalized spacial score (nSPS) is 33.8. The Kier molecular flexibility index (Phi) is 2.55. The van der Waals surface area contributed by atoms with Crippen molar-refractivity contribution in [3.63, 3.8) is 0 Å². The first-order chi connectivity index (χ1) is 5.00. The zero-order valence-corrected chi connectivity index (χ0v) is 7.64. The van der Waals surface area contributed by atoms with Gasteiger partial charge in [-0.05, 0) is 45.4 Å². The first kappa shape index (κ1) is 9.01. The topological polar surface area (TPSA) is 52.0 Å². The molecular formula is C9H20N2. The fourth-order valence-electron chi connectivity index (χ4n) is 1.86. The molecule has 11 heavy (non-hydrogen) atoms. The van der Waals surface area contributed by atoms with Gasteiger partial charge in [-0.25, -0.2) is 0 Å². The van der Waals surface area contributed by atoms with E-state index in [1.165, 1.54) is 12.8 Å². The zero-order chi connectivity index (χ0) is 8.48. The van der Waals surface area contributed by atoms with Crippen LogP contribution in [0.2, 0.25) is 0 Å². The van der Waals surface area contributed by atoms with Gasteiger partial charge in [-0.2, -0.15) is 0 Å². The quantitative estimate of drug-likeness (QED) is 0.600. The minimum Gasteiger partial charge on any atom is -0.328 e. The maximum atomic E-state index is 6.01. The summed E-state index contributed by atoms with van der Waals surface area (Å²) >= 11 is 0. The molecule has 0 heterocycles. The molecule has 0 saturated heterocycles. The molecule has 0 radical (unpaired) electrons. The number of rotatable bonds is 1. The lowest BCUT2D eigenvalue weighted by Gasteiger charge is -2.35. The summed E-state index contributed by atoms with van der Waals surface area (Å²) in [7, 11) is 0. The highest BCUT2D eigenvalue weighted by molar-refractivity contribution is 4.87. The molecule has 0 aromatic carbocycles. The minimum absolute atomic E-state index is 0.000139. The van der Waals surface area contributed by atoms with Gasteiger partial charge in [-0.1, -0.05) is 0 Å². The molecule has 1 saturated carbocycles. The monoisotopic (exact) mass is 156 g/mol. The summed E-state index contributed by atoms with van der Waals surface area (Å²) in [6.07, 6.45) is 4.74. The molecule has 0 unspecified atom stereocenters. The minimum atomic E-state index is 0.000139. The molecule has 1 aliphatic rings. The van der Waals surface area contributed by atoms with E-state index in [1.807, 2.05) is 0 Å². The smallest absolute Gasteiger partial charge is 0.0125 e. The molecule has 0 bridgehead atoms. The Morgan fingerprint density at radius 3 is 1.91 bits per heavy atom. The molecular weight excluding hydrogens is 136 g/mol. The second-order valence-corrected chi connectivity index (χ2v) is 4.43. The summed E-state index contributed by atoms with van der Waals surface area (Å²) in [5.41, 5.74) is 11.8. The number of hydrogen-bond donors (Lipinski definition) is 2. The molecule has 4 N–H and O–H groups in total. The van der Waals surface area contributed by atoms with Crippen LogP contribution in [0, 0.1) is 5.92 Å². The van der Waals surface area contributed by atoms with Crippen molar-refractivity contribution in [1.82, 2.24) is 0 Å². The summed E-state index contributed by atoms with van der Waals surface area (Å²) < 4.78 is 0. The Balaban J connectivity index is 2.39. The zero-order valence-electron chi connectivity index (χ0n) is 7.64. The second kappa shape index (κ2) is 3.11. The Morgan fingerprint density at radius 2 is 1.55 bits per heavy atom. The molecule has 0 aromatic heterocycles. The molecule has 2 heteroatoms. The van der Waals surface area contributed by atoms with E-state index in [-0.39, 0.29) is 5.54 Å². The molecule has 0 spiro atoms. The maximum Gasteiger partial charge on any atom is 0.0125 e. The lowest BCUT2D eigenvalue weighted by atomic mass is 9.76. The van der Waals surface area contributed by atoms with Crippen LogP contribution in [0.1, 0.15) is 39.5 Å². The van der Waals surface area contributed by atoms with Gasteiger partial charge < -0.3 is 11.5 Å². The van der Waals surface area contributed by atoms with Gasteiger partial charge in [-0.3, -0.25) is 0 Å². The van der Waals surface area contributed by atoms with Crippen LogP contribution in [-0.2, 0) is 0 Å². The Hall–Kier alpha value is -0.0800. The Bertz CT molecular complexity index is 118. The third kappa shape index (κ3) is 2.46. The summed E-state index contributed by atoms with van der Waals surface area (Å²) in [5.74, 6) is 0.683. The van der Waals surface area contributed by atoms with E-state index >= 15 is 0 Å². The standard InChI is InChI=1S/C9H20N2/c1-9(2,11)7-3-5-8(10)6-4-7/h7-8H,3-6,10-11H2,1-2H3. The van der Waals surface area contributed by atoms with Crippen LogP contribution in [0.25, 0.3) is 0 Å². The molecule has 1 aliphatic carbocycles. The summed E-state index contributed by atoms with van der Waals surface area (Å²) in [5, 5.41) is 0. The van der Waals surface area contributed by atoms with Crippen LogP contribution >= 0.6 is 0 Å². The second-order valence-electron chi connectivity index (χ2n) is 4.43. The molecule has 0 amide bonds. The molecule has 66 valence electrons. The van der Waals surface area contributed by atoms with Gasteiger partial charge in [0.25, 0.3) is 0 Å². The first-order valence-corrected chi connectivity index (χ1v) is 4.54. The highest BCUT2D eigenvalue weighted by Crippen LogP contribution is 2.30. The van der Waals surface area contributed by atoms with Crippen molar-refractivity contribution in [1.29, 1.82) is 0 Å². The van der Waals surface area contributed by atoms with Crippen LogP contribution in [0.4, 0.5) is 0 Å². The van der Waals surface area contributed by atoms with E-state index in [0.717, 1.165) is 12.8 Å². The van der Waals surface area contributed by atoms with Crippen molar-refractivity contribution in [2.75, 3.05) is 0 Å². The predicted molar refractivity (Wildman–Crippen MR) is 48.2 cm³/mol. The fourth-order valence-corrected chi connectivity index (χ4v) is 1.86. The van der Waals surface area contributed by atoms with Gasteiger partial charge in [-0.15, -0.1) is 0 Å². The van der Waals surface area contributed by atoms with Crippen molar-refractivity contribution in [3.05, 3.63) is 0 Å². The van der Waals surface area contributed by atoms with Gasteiger partial charge in [0.05, 0.1) is 0 Å². The van der Waals surface area contributed by atoms with Crippen LogP contribution in [0.5, 0.6) is 0 Å². The SMILES string of the molecule is CC(C)(N)C1CCC(N)CC1. The molecule has 0 aromatic rings. The number of hydrogen-bond acceptors (Lipinski definition) is 2. The molecule has 1 rings (SSSR count). The van der Waals surface area contributed by atoms with E-state index in [0.29, 0.717) is 12.0 Å². The largest absolute Gasteiger partial charge is 0.328 e. The van der Waals surface area contributed by atoms with E-state index in [1.54, 1.807) is 0 Å². The van der Waals surface area contributed by atoms with Crippen molar-refractivity contribution in [2.45, 2.75) is 51.1 Å². The lowest BCUT2D eigenvalue weighted by Crippen LogP contribution is -2.44. The van der Waals surface area contributed by atoms with Gasteiger partial charge >= 0.3 is 0 Å². The van der Waals surface area contributed by atoms with Gasteiger partial charge in [0.1, 0.15) is 0 Å². The van der Waals surface area contributed by atoms with Crippen molar-refractivity contribution < 1.29 is 0 Å². The van der Waals surface area contributed by atoms with E-state index in [2.05, 4.69) is 13.8 Å². The van der Waals surface area contributed by atoms with Gasteiger partial charge in [0.15, 0.2) is 0 Å². The predicted octanol–water partition coefficient (Wildman–Crippen LogP) is 1.24. The highest BCUT2D eigenvalue weighted by Gasteiger charge is 2.28. The van der Waals surface area contributed by atoms with Crippen molar-refractivity contribution in [3.8, 4) is 0 Å². The van der Waals surface area contributed by atoms with Crippen LogP contribution in [-0.4, -0.2) is 11.6 Å². The Labute approximate surface area is 69.3 Å². The molecule has 2 nitrogen and oxygen atoms in total. The Morgan fingerprint density at radius 1 is 1.09 bits per heavy atom. The average Bonchev–Trinajstić information content (AvgIpc) is 1.86. The van der Waals surface area contributed by atoms with E-state index < -0.39 is 0 Å². The fraction of sp³-hybridized carbons (Fsp3) is 1.00. The maximum absolute atomic E-state index is 6.01. The number of nitrogens with two attached hydrogens (primary N) is 2. The summed E-state index contributed by atoms with van der Waals surface area (Å²) in [6.45, 7) is 4.24. The van der Waals surface area contributed by atoms with Crippen LogP contribution in [0.15, 0.2) is 0 Å². The van der Waals surface area contributed by atoms with Crippen LogP contribution in [0.3, 0.4) is 0 Å². The summed E-state index contributed by atoms with van der Waals surface area (Å²) in [6, 6.07) is 0.439.